The van der Waals surface area contributed by atoms with Crippen molar-refractivity contribution in [1.82, 2.24) is 5.32 Å². The van der Waals surface area contributed by atoms with Crippen LogP contribution in [0.1, 0.15) is 6.42 Å². The summed E-state index contributed by atoms with van der Waals surface area (Å²) in [6.07, 6.45) is 0.252. The molecule has 2 atom stereocenters. The number of benzene rings is 1. The van der Waals surface area contributed by atoms with Crippen LogP contribution in [0.2, 0.25) is 0 Å². The van der Waals surface area contributed by atoms with E-state index in [1.165, 1.54) is 0 Å². The molecule has 1 unspecified atom stereocenters. The van der Waals surface area contributed by atoms with Gasteiger partial charge in [0.05, 0.1) is 11.7 Å². The first-order valence-electron chi connectivity index (χ1n) is 5.73. The Kier molecular flexibility index (Phi) is 2.27. The van der Waals surface area contributed by atoms with Crippen LogP contribution in [0.25, 0.3) is 0 Å². The zero-order valence-electron chi connectivity index (χ0n) is 9.60. The highest BCUT2D eigenvalue weighted by Crippen LogP contribution is 2.37. The monoisotopic (exact) mass is 247 g/mol. The number of hydrogen-bond acceptors (Lipinski definition) is 4. The number of ether oxygens (including phenoxy) is 1. The Morgan fingerprint density at radius 3 is 2.94 bits per heavy atom. The van der Waals surface area contributed by atoms with Crippen LogP contribution in [0.4, 0.5) is 5.69 Å². The smallest absolute Gasteiger partial charge is 0.270 e. The van der Waals surface area contributed by atoms with Crippen LogP contribution < -0.4 is 21.1 Å². The molecular formula is C12H13N3O3. The fourth-order valence-electron chi connectivity index (χ4n) is 2.37. The number of hydrogen-bond donors (Lipinski definition) is 3. The molecule has 0 bridgehead atoms. The van der Waals surface area contributed by atoms with E-state index < -0.39 is 17.6 Å². The number of primary amides is 1. The van der Waals surface area contributed by atoms with Crippen molar-refractivity contribution in [2.45, 2.75) is 18.1 Å². The highest BCUT2D eigenvalue weighted by Gasteiger charge is 2.51. The SMILES string of the molecule is NC(=O)[C@@H]1CC2(CN1)Oc1ccccc1NC2=O. The number of amides is 2. The van der Waals surface area contributed by atoms with Gasteiger partial charge in [-0.1, -0.05) is 12.1 Å². The second kappa shape index (κ2) is 3.71. The third kappa shape index (κ3) is 1.53. The lowest BCUT2D eigenvalue weighted by molar-refractivity contribution is -0.131. The van der Waals surface area contributed by atoms with E-state index in [1.807, 2.05) is 12.1 Å². The first kappa shape index (κ1) is 11.0. The Morgan fingerprint density at radius 2 is 2.22 bits per heavy atom. The minimum absolute atomic E-state index is 0.238. The molecule has 1 aromatic rings. The predicted octanol–water partition coefficient (Wildman–Crippen LogP) is -0.397. The Morgan fingerprint density at radius 1 is 1.44 bits per heavy atom. The van der Waals surface area contributed by atoms with Crippen LogP contribution in [0.5, 0.6) is 5.75 Å². The van der Waals surface area contributed by atoms with Gasteiger partial charge in [-0.25, -0.2) is 0 Å². The van der Waals surface area contributed by atoms with Gasteiger partial charge in [-0.15, -0.1) is 0 Å². The molecule has 2 aliphatic heterocycles. The maximum atomic E-state index is 12.1. The molecule has 0 aromatic heterocycles. The van der Waals surface area contributed by atoms with Gasteiger partial charge in [0.25, 0.3) is 5.91 Å². The largest absolute Gasteiger partial charge is 0.474 e. The summed E-state index contributed by atoms with van der Waals surface area (Å²) in [5.74, 6) is -0.0939. The van der Waals surface area contributed by atoms with E-state index in [0.29, 0.717) is 11.4 Å². The summed E-state index contributed by atoms with van der Waals surface area (Å²) in [6, 6.07) is 6.68. The lowest BCUT2D eigenvalue weighted by Crippen LogP contribution is -2.52. The van der Waals surface area contributed by atoms with E-state index in [-0.39, 0.29) is 18.9 Å². The number of carbonyl (C=O) groups excluding carboxylic acids is 2. The highest BCUT2D eigenvalue weighted by molar-refractivity contribution is 6.02. The molecule has 0 radical (unpaired) electrons. The summed E-state index contributed by atoms with van der Waals surface area (Å²) in [5, 5.41) is 5.71. The number of fused-ring (bicyclic) bond motifs is 1. The van der Waals surface area contributed by atoms with Gasteiger partial charge in [0.1, 0.15) is 5.75 Å². The number of nitrogens with two attached hydrogens (primary N) is 1. The number of carbonyl (C=O) groups is 2. The van der Waals surface area contributed by atoms with Crippen LogP contribution in [0, 0.1) is 0 Å². The molecule has 94 valence electrons. The van der Waals surface area contributed by atoms with Crippen molar-refractivity contribution >= 4 is 17.5 Å². The molecule has 2 amide bonds. The van der Waals surface area contributed by atoms with E-state index >= 15 is 0 Å². The molecule has 0 saturated carbocycles. The van der Waals surface area contributed by atoms with E-state index in [9.17, 15) is 9.59 Å². The molecule has 2 heterocycles. The fourth-order valence-corrected chi connectivity index (χ4v) is 2.37. The van der Waals surface area contributed by atoms with Crippen molar-refractivity contribution in [1.29, 1.82) is 0 Å². The van der Waals surface area contributed by atoms with Gasteiger partial charge in [-0.2, -0.15) is 0 Å². The van der Waals surface area contributed by atoms with E-state index in [0.717, 1.165) is 0 Å². The maximum Gasteiger partial charge on any atom is 0.270 e. The van der Waals surface area contributed by atoms with Crippen molar-refractivity contribution in [2.75, 3.05) is 11.9 Å². The Bertz CT molecular complexity index is 531. The molecule has 1 spiro atoms. The van der Waals surface area contributed by atoms with Crippen molar-refractivity contribution in [2.24, 2.45) is 5.73 Å². The maximum absolute atomic E-state index is 12.1. The van der Waals surface area contributed by atoms with Gasteiger partial charge < -0.3 is 21.1 Å². The minimum Gasteiger partial charge on any atom is -0.474 e. The summed E-state index contributed by atoms with van der Waals surface area (Å²) in [4.78, 5) is 23.3. The Labute approximate surface area is 103 Å². The number of nitrogens with one attached hydrogen (secondary N) is 2. The second-order valence-electron chi connectivity index (χ2n) is 4.59. The molecule has 18 heavy (non-hydrogen) atoms. The van der Waals surface area contributed by atoms with Gasteiger partial charge in [0.2, 0.25) is 11.5 Å². The fraction of sp³-hybridized carbons (Fsp3) is 0.333. The van der Waals surface area contributed by atoms with Crippen molar-refractivity contribution in [3.05, 3.63) is 24.3 Å². The topological polar surface area (TPSA) is 93.5 Å². The third-order valence-corrected chi connectivity index (χ3v) is 3.37. The summed E-state index contributed by atoms with van der Waals surface area (Å²) >= 11 is 0. The van der Waals surface area contributed by atoms with Crippen LogP contribution in [0.15, 0.2) is 24.3 Å². The van der Waals surface area contributed by atoms with Crippen LogP contribution in [-0.4, -0.2) is 30.0 Å². The predicted molar refractivity (Wildman–Crippen MR) is 64.0 cm³/mol. The molecule has 1 saturated heterocycles. The average molecular weight is 247 g/mol. The molecular weight excluding hydrogens is 234 g/mol. The van der Waals surface area contributed by atoms with Gasteiger partial charge in [-0.05, 0) is 12.1 Å². The first-order chi connectivity index (χ1) is 8.61. The van der Waals surface area contributed by atoms with Crippen LogP contribution in [0.3, 0.4) is 0 Å². The van der Waals surface area contributed by atoms with Gasteiger partial charge in [0, 0.05) is 13.0 Å². The quantitative estimate of drug-likeness (QED) is 0.629. The molecule has 3 rings (SSSR count). The molecule has 1 aromatic carbocycles. The molecule has 6 heteroatoms. The highest BCUT2D eigenvalue weighted by atomic mass is 16.5. The zero-order chi connectivity index (χ0) is 12.8. The number of para-hydroxylation sites is 2. The Hall–Kier alpha value is -2.08. The second-order valence-corrected chi connectivity index (χ2v) is 4.59. The average Bonchev–Trinajstić information content (AvgIpc) is 2.76. The first-order valence-corrected chi connectivity index (χ1v) is 5.73. The normalized spacial score (nSPS) is 29.6. The number of rotatable bonds is 1. The summed E-state index contributed by atoms with van der Waals surface area (Å²) in [5.41, 5.74) is 4.85. The van der Waals surface area contributed by atoms with Crippen molar-refractivity contribution < 1.29 is 14.3 Å². The minimum atomic E-state index is -1.03. The van der Waals surface area contributed by atoms with E-state index in [2.05, 4.69) is 10.6 Å². The zero-order valence-corrected chi connectivity index (χ0v) is 9.60. The molecule has 0 aliphatic carbocycles. The molecule has 2 aliphatic rings. The summed E-state index contributed by atoms with van der Waals surface area (Å²) in [6.45, 7) is 0.279. The molecule has 1 fully saturated rings. The van der Waals surface area contributed by atoms with Crippen molar-refractivity contribution in [3.8, 4) is 5.75 Å². The van der Waals surface area contributed by atoms with Gasteiger partial charge >= 0.3 is 0 Å². The van der Waals surface area contributed by atoms with E-state index in [1.54, 1.807) is 12.1 Å². The summed E-state index contributed by atoms with van der Waals surface area (Å²) < 4.78 is 5.79. The van der Waals surface area contributed by atoms with Crippen molar-refractivity contribution in [3.63, 3.8) is 0 Å². The number of anilines is 1. The van der Waals surface area contributed by atoms with Gasteiger partial charge in [-0.3, -0.25) is 9.59 Å². The lowest BCUT2D eigenvalue weighted by atomic mass is 9.96. The third-order valence-electron chi connectivity index (χ3n) is 3.37. The van der Waals surface area contributed by atoms with Crippen LogP contribution in [-0.2, 0) is 9.59 Å². The van der Waals surface area contributed by atoms with Gasteiger partial charge in [0.15, 0.2) is 0 Å². The standard InChI is InChI=1S/C12H13N3O3/c13-10(16)8-5-12(6-14-8)11(17)15-7-3-1-2-4-9(7)18-12/h1-4,8,14H,5-6H2,(H2,13,16)(H,15,17)/t8-,12?/m0/s1. The summed E-state index contributed by atoms with van der Waals surface area (Å²) in [7, 11) is 0. The molecule has 6 nitrogen and oxygen atoms in total. The van der Waals surface area contributed by atoms with Crippen LogP contribution >= 0.6 is 0 Å². The van der Waals surface area contributed by atoms with E-state index in [4.69, 9.17) is 10.5 Å². The lowest BCUT2D eigenvalue weighted by Gasteiger charge is -2.33. The Balaban J connectivity index is 1.92. The molecule has 4 N–H and O–H groups in total.